The standard InChI is InChI=1S/C19H31FN4Si/c1-13-17(23-15-11-19(12-15)9-14(21)10-19)8-16(20)18(22-13)24-4-6-25(2,3)7-5-24/h8,14-15,23H,4-7,9-12,21H2,1-3H3. The largest absolute Gasteiger partial charge is 0.381 e. The SMILES string of the molecule is Cc1nc(N2CC[Si](C)(C)CC2)c(F)cc1NC1CC2(CC(N)C2)C1. The van der Waals surface area contributed by atoms with Gasteiger partial charge in [0.15, 0.2) is 11.6 Å². The van der Waals surface area contributed by atoms with Crippen molar-refractivity contribution in [2.75, 3.05) is 23.3 Å². The number of aromatic nitrogens is 1. The minimum Gasteiger partial charge on any atom is -0.381 e. The van der Waals surface area contributed by atoms with Crippen LogP contribution < -0.4 is 16.0 Å². The van der Waals surface area contributed by atoms with Gasteiger partial charge in [0.25, 0.3) is 0 Å². The Hall–Kier alpha value is -1.14. The summed E-state index contributed by atoms with van der Waals surface area (Å²) in [5.41, 5.74) is 8.18. The Morgan fingerprint density at radius 2 is 1.88 bits per heavy atom. The maximum absolute atomic E-state index is 14.7. The third-order valence-corrected chi connectivity index (χ3v) is 9.83. The van der Waals surface area contributed by atoms with Crippen molar-refractivity contribution < 1.29 is 4.39 Å². The number of aryl methyl sites for hydroxylation is 1. The zero-order valence-corrected chi connectivity index (χ0v) is 16.7. The summed E-state index contributed by atoms with van der Waals surface area (Å²) in [6.45, 7) is 8.72. The topological polar surface area (TPSA) is 54.2 Å². The number of nitrogens with one attached hydrogen (secondary N) is 1. The molecule has 1 aromatic heterocycles. The molecule has 2 saturated carbocycles. The number of hydrogen-bond donors (Lipinski definition) is 2. The fourth-order valence-electron chi connectivity index (χ4n) is 4.95. The first-order valence-electron chi connectivity index (χ1n) is 9.70. The lowest BCUT2D eigenvalue weighted by Gasteiger charge is -2.57. The molecular formula is C19H31FN4Si. The molecule has 3 fully saturated rings. The van der Waals surface area contributed by atoms with Crippen LogP contribution in [0.3, 0.4) is 0 Å². The van der Waals surface area contributed by atoms with Crippen LogP contribution in [0.2, 0.25) is 25.2 Å². The van der Waals surface area contributed by atoms with Crippen molar-refractivity contribution in [3.63, 3.8) is 0 Å². The van der Waals surface area contributed by atoms with E-state index in [-0.39, 0.29) is 5.82 Å². The number of hydrogen-bond acceptors (Lipinski definition) is 4. The van der Waals surface area contributed by atoms with Crippen LogP contribution in [0.25, 0.3) is 0 Å². The van der Waals surface area contributed by atoms with Crippen LogP contribution in [0.1, 0.15) is 31.4 Å². The van der Waals surface area contributed by atoms with Crippen LogP contribution in [0.15, 0.2) is 6.07 Å². The molecule has 0 aromatic carbocycles. The average Bonchev–Trinajstić information content (AvgIpc) is 2.47. The summed E-state index contributed by atoms with van der Waals surface area (Å²) in [5.74, 6) is 0.358. The van der Waals surface area contributed by atoms with Gasteiger partial charge >= 0.3 is 0 Å². The Morgan fingerprint density at radius 1 is 1.24 bits per heavy atom. The molecule has 4 nitrogen and oxygen atoms in total. The van der Waals surface area contributed by atoms with Crippen molar-refractivity contribution >= 4 is 19.6 Å². The van der Waals surface area contributed by atoms with E-state index in [1.807, 2.05) is 6.92 Å². The van der Waals surface area contributed by atoms with Crippen LogP contribution >= 0.6 is 0 Å². The molecule has 2 heterocycles. The van der Waals surface area contributed by atoms with Gasteiger partial charge in [0.1, 0.15) is 0 Å². The predicted octanol–water partition coefficient (Wildman–Crippen LogP) is 3.74. The normalized spacial score (nSPS) is 33.7. The van der Waals surface area contributed by atoms with Crippen LogP contribution in [0.5, 0.6) is 0 Å². The van der Waals surface area contributed by atoms with E-state index >= 15 is 0 Å². The van der Waals surface area contributed by atoms with Crippen LogP contribution in [0.4, 0.5) is 15.9 Å². The quantitative estimate of drug-likeness (QED) is 0.804. The molecule has 0 amide bonds. The summed E-state index contributed by atoms with van der Waals surface area (Å²) >= 11 is 0. The first-order chi connectivity index (χ1) is 11.8. The molecule has 0 unspecified atom stereocenters. The van der Waals surface area contributed by atoms with Crippen molar-refractivity contribution in [1.29, 1.82) is 0 Å². The predicted molar refractivity (Wildman–Crippen MR) is 105 cm³/mol. The van der Waals surface area contributed by atoms with Crippen molar-refractivity contribution in [3.05, 3.63) is 17.6 Å². The Bertz CT molecular complexity index is 654. The van der Waals surface area contributed by atoms with E-state index in [1.165, 1.54) is 12.1 Å². The molecule has 1 spiro atoms. The average molecular weight is 363 g/mol. The Balaban J connectivity index is 1.41. The fraction of sp³-hybridized carbons (Fsp3) is 0.737. The fourth-order valence-corrected chi connectivity index (χ4v) is 6.95. The zero-order valence-electron chi connectivity index (χ0n) is 15.7. The second kappa shape index (κ2) is 5.95. The third-order valence-electron chi connectivity index (χ3n) is 6.67. The number of pyridine rings is 1. The van der Waals surface area contributed by atoms with Gasteiger partial charge in [-0.05, 0) is 50.1 Å². The minimum atomic E-state index is -1.06. The van der Waals surface area contributed by atoms with E-state index in [4.69, 9.17) is 5.73 Å². The molecule has 1 aliphatic heterocycles. The molecule has 1 aromatic rings. The Morgan fingerprint density at radius 3 is 2.48 bits per heavy atom. The monoisotopic (exact) mass is 362 g/mol. The van der Waals surface area contributed by atoms with E-state index in [9.17, 15) is 4.39 Å². The lowest BCUT2D eigenvalue weighted by molar-refractivity contribution is 0.00118. The van der Waals surface area contributed by atoms with Crippen LogP contribution in [-0.4, -0.2) is 38.2 Å². The van der Waals surface area contributed by atoms with Gasteiger partial charge in [0.2, 0.25) is 0 Å². The lowest BCUT2D eigenvalue weighted by atomic mass is 9.52. The van der Waals surface area contributed by atoms with Crippen molar-refractivity contribution in [2.24, 2.45) is 11.1 Å². The van der Waals surface area contributed by atoms with Crippen molar-refractivity contribution in [3.8, 4) is 0 Å². The van der Waals surface area contributed by atoms with Gasteiger partial charge in [0.05, 0.1) is 19.5 Å². The maximum Gasteiger partial charge on any atom is 0.167 e. The molecule has 3 aliphatic rings. The summed E-state index contributed by atoms with van der Waals surface area (Å²) in [7, 11) is -1.06. The lowest BCUT2D eigenvalue weighted by Crippen LogP contribution is -2.57. The van der Waals surface area contributed by atoms with Crippen LogP contribution in [-0.2, 0) is 0 Å². The maximum atomic E-state index is 14.7. The highest BCUT2D eigenvalue weighted by Crippen LogP contribution is 2.56. The summed E-state index contributed by atoms with van der Waals surface area (Å²) in [6.07, 6.45) is 4.64. The third kappa shape index (κ3) is 3.30. The second-order valence-electron chi connectivity index (χ2n) is 9.50. The molecule has 2 aliphatic carbocycles. The molecule has 3 N–H and O–H groups in total. The molecule has 1 saturated heterocycles. The minimum absolute atomic E-state index is 0.186. The molecule has 138 valence electrons. The van der Waals surface area contributed by atoms with Gasteiger partial charge in [-0.2, -0.15) is 0 Å². The zero-order chi connectivity index (χ0) is 17.8. The van der Waals surface area contributed by atoms with Gasteiger partial charge in [-0.3, -0.25) is 0 Å². The summed E-state index contributed by atoms with van der Waals surface area (Å²) < 4.78 is 14.7. The first kappa shape index (κ1) is 17.3. The number of rotatable bonds is 3. The number of nitrogens with zero attached hydrogens (tertiary/aromatic N) is 2. The summed E-state index contributed by atoms with van der Waals surface area (Å²) in [6, 6.07) is 4.95. The molecule has 6 heteroatoms. The van der Waals surface area contributed by atoms with Crippen LogP contribution in [0, 0.1) is 18.2 Å². The van der Waals surface area contributed by atoms with Gasteiger partial charge in [0, 0.05) is 31.2 Å². The summed E-state index contributed by atoms with van der Waals surface area (Å²) in [5, 5.41) is 3.51. The van der Waals surface area contributed by atoms with E-state index < -0.39 is 8.07 Å². The number of anilines is 2. The number of halogens is 1. The van der Waals surface area contributed by atoms with E-state index in [0.717, 1.165) is 50.2 Å². The van der Waals surface area contributed by atoms with E-state index in [2.05, 4.69) is 28.3 Å². The molecule has 0 radical (unpaired) electrons. The highest BCUT2D eigenvalue weighted by atomic mass is 28.3. The van der Waals surface area contributed by atoms with Crippen molar-refractivity contribution in [1.82, 2.24) is 4.98 Å². The summed E-state index contributed by atoms with van der Waals surface area (Å²) in [4.78, 5) is 6.76. The van der Waals surface area contributed by atoms with Gasteiger partial charge in [-0.1, -0.05) is 13.1 Å². The van der Waals surface area contributed by atoms with E-state index in [1.54, 1.807) is 6.07 Å². The van der Waals surface area contributed by atoms with Gasteiger partial charge in [-0.25, -0.2) is 9.37 Å². The Kier molecular flexibility index (Phi) is 4.11. The first-order valence-corrected chi connectivity index (χ1v) is 13.1. The molecule has 0 bridgehead atoms. The second-order valence-corrected chi connectivity index (χ2v) is 14.8. The smallest absolute Gasteiger partial charge is 0.167 e. The van der Waals surface area contributed by atoms with Gasteiger partial charge in [-0.15, -0.1) is 0 Å². The molecule has 0 atom stereocenters. The highest BCUT2D eigenvalue weighted by molar-refractivity contribution is 6.77. The molecule has 4 rings (SSSR count). The highest BCUT2D eigenvalue weighted by Gasteiger charge is 2.51. The molecular weight excluding hydrogens is 331 g/mol. The Labute approximate surface area is 151 Å². The van der Waals surface area contributed by atoms with Crippen molar-refractivity contribution in [2.45, 2.75) is 69.9 Å². The number of nitrogens with two attached hydrogens (primary N) is 1. The van der Waals surface area contributed by atoms with E-state index in [0.29, 0.717) is 23.3 Å². The molecule has 25 heavy (non-hydrogen) atoms. The van der Waals surface area contributed by atoms with Gasteiger partial charge < -0.3 is 16.0 Å².